The fourth-order valence-corrected chi connectivity index (χ4v) is 4.52. The molecule has 1 heterocycles. The molecule has 1 N–H and O–H groups in total. The lowest BCUT2D eigenvalue weighted by Crippen LogP contribution is -2.41. The summed E-state index contributed by atoms with van der Waals surface area (Å²) in [7, 11) is 0. The van der Waals surface area contributed by atoms with Gasteiger partial charge in [-0.05, 0) is 31.1 Å². The summed E-state index contributed by atoms with van der Waals surface area (Å²) in [5.41, 5.74) is 0. The molecule has 0 aromatic heterocycles. The molecule has 2 rings (SSSR count). The van der Waals surface area contributed by atoms with Gasteiger partial charge in [0, 0.05) is 12.3 Å². The fourth-order valence-electron chi connectivity index (χ4n) is 3.08. The first-order valence-electron chi connectivity index (χ1n) is 6.09. The molecule has 0 radical (unpaired) electrons. The Bertz CT molecular complexity index is 185. The van der Waals surface area contributed by atoms with E-state index in [9.17, 15) is 0 Å². The third-order valence-electron chi connectivity index (χ3n) is 3.54. The van der Waals surface area contributed by atoms with E-state index in [0.29, 0.717) is 4.87 Å². The number of hydrogen-bond acceptors (Lipinski definition) is 2. The molecule has 1 aliphatic carbocycles. The van der Waals surface area contributed by atoms with E-state index in [2.05, 4.69) is 30.9 Å². The average Bonchev–Trinajstić information content (AvgIpc) is 2.52. The van der Waals surface area contributed by atoms with Crippen LogP contribution in [0.25, 0.3) is 0 Å². The molecule has 1 saturated heterocycles. The van der Waals surface area contributed by atoms with Crippen molar-refractivity contribution in [3.63, 3.8) is 0 Å². The van der Waals surface area contributed by atoms with Crippen LogP contribution in [0.15, 0.2) is 0 Å². The molecular formula is C12H23NS. The molecule has 2 fully saturated rings. The number of rotatable bonds is 2. The first-order valence-corrected chi connectivity index (χ1v) is 7.08. The molecule has 1 aliphatic heterocycles. The van der Waals surface area contributed by atoms with Crippen molar-refractivity contribution in [3.8, 4) is 0 Å². The molecule has 2 atom stereocenters. The van der Waals surface area contributed by atoms with Gasteiger partial charge in [0.25, 0.3) is 0 Å². The zero-order valence-electron chi connectivity index (χ0n) is 9.51. The maximum absolute atomic E-state index is 3.74. The summed E-state index contributed by atoms with van der Waals surface area (Å²) in [5.74, 6) is 3.19. The van der Waals surface area contributed by atoms with Crippen LogP contribution in [-0.4, -0.2) is 17.2 Å². The standard InChI is InChI=1S/C12H23NS/c1-10(2)8-11-4-3-5-12(9-11)13-6-7-14-12/h10-11,13H,3-9H2,1-2H3. The van der Waals surface area contributed by atoms with E-state index in [1.165, 1.54) is 44.4 Å². The highest BCUT2D eigenvalue weighted by atomic mass is 32.2. The summed E-state index contributed by atoms with van der Waals surface area (Å²) < 4.78 is 0. The maximum Gasteiger partial charge on any atom is 0.0648 e. The Morgan fingerprint density at radius 3 is 3.00 bits per heavy atom. The van der Waals surface area contributed by atoms with Crippen LogP contribution in [0.3, 0.4) is 0 Å². The summed E-state index contributed by atoms with van der Waals surface area (Å²) in [6, 6.07) is 0. The van der Waals surface area contributed by atoms with Crippen LogP contribution in [0.2, 0.25) is 0 Å². The van der Waals surface area contributed by atoms with E-state index in [-0.39, 0.29) is 0 Å². The van der Waals surface area contributed by atoms with Crippen LogP contribution in [0.1, 0.15) is 46.0 Å². The smallest absolute Gasteiger partial charge is 0.0648 e. The van der Waals surface area contributed by atoms with Gasteiger partial charge in [0.2, 0.25) is 0 Å². The van der Waals surface area contributed by atoms with Crippen molar-refractivity contribution in [1.29, 1.82) is 0 Å². The molecule has 2 aliphatic rings. The first kappa shape index (κ1) is 10.8. The van der Waals surface area contributed by atoms with Crippen molar-refractivity contribution < 1.29 is 0 Å². The van der Waals surface area contributed by atoms with Crippen LogP contribution in [0, 0.1) is 11.8 Å². The van der Waals surface area contributed by atoms with Crippen LogP contribution in [0.5, 0.6) is 0 Å². The molecule has 1 nitrogen and oxygen atoms in total. The lowest BCUT2D eigenvalue weighted by Gasteiger charge is -2.38. The van der Waals surface area contributed by atoms with Gasteiger partial charge in [0.1, 0.15) is 0 Å². The van der Waals surface area contributed by atoms with Gasteiger partial charge in [0.15, 0.2) is 0 Å². The third-order valence-corrected chi connectivity index (χ3v) is 5.02. The molecule has 0 aromatic rings. The van der Waals surface area contributed by atoms with Crippen molar-refractivity contribution in [1.82, 2.24) is 5.32 Å². The number of nitrogens with one attached hydrogen (secondary N) is 1. The second kappa shape index (κ2) is 4.44. The van der Waals surface area contributed by atoms with E-state index in [4.69, 9.17) is 0 Å². The fraction of sp³-hybridized carbons (Fsp3) is 1.00. The summed E-state index contributed by atoms with van der Waals surface area (Å²) in [6.07, 6.45) is 7.19. The Balaban J connectivity index is 1.90. The maximum atomic E-state index is 3.74. The highest BCUT2D eigenvalue weighted by Gasteiger charge is 2.38. The SMILES string of the molecule is CC(C)CC1CCCC2(C1)NCCS2. The third kappa shape index (κ3) is 2.46. The summed E-state index contributed by atoms with van der Waals surface area (Å²) in [5, 5.41) is 3.74. The van der Waals surface area contributed by atoms with Crippen molar-refractivity contribution in [2.75, 3.05) is 12.3 Å². The summed E-state index contributed by atoms with van der Waals surface area (Å²) >= 11 is 2.19. The molecule has 2 heteroatoms. The lowest BCUT2D eigenvalue weighted by atomic mass is 9.80. The zero-order valence-corrected chi connectivity index (χ0v) is 10.3. The minimum absolute atomic E-state index is 0.498. The Morgan fingerprint density at radius 2 is 2.36 bits per heavy atom. The average molecular weight is 213 g/mol. The van der Waals surface area contributed by atoms with Crippen LogP contribution in [0.4, 0.5) is 0 Å². The van der Waals surface area contributed by atoms with Gasteiger partial charge in [-0.2, -0.15) is 0 Å². The number of thioether (sulfide) groups is 1. The van der Waals surface area contributed by atoms with Crippen molar-refractivity contribution in [3.05, 3.63) is 0 Å². The summed E-state index contributed by atoms with van der Waals surface area (Å²) in [4.78, 5) is 0.498. The van der Waals surface area contributed by atoms with Gasteiger partial charge in [0.05, 0.1) is 4.87 Å². The van der Waals surface area contributed by atoms with E-state index in [1.807, 2.05) is 0 Å². The minimum Gasteiger partial charge on any atom is -0.302 e. The van der Waals surface area contributed by atoms with Gasteiger partial charge < -0.3 is 5.32 Å². The van der Waals surface area contributed by atoms with Gasteiger partial charge in [-0.1, -0.05) is 26.7 Å². The molecule has 0 aromatic carbocycles. The second-order valence-corrected chi connectivity index (χ2v) is 6.84. The molecule has 2 unspecified atom stereocenters. The molecule has 1 spiro atoms. The highest BCUT2D eigenvalue weighted by molar-refractivity contribution is 8.00. The van der Waals surface area contributed by atoms with E-state index < -0.39 is 0 Å². The molecular weight excluding hydrogens is 190 g/mol. The second-order valence-electron chi connectivity index (χ2n) is 5.36. The van der Waals surface area contributed by atoms with Crippen LogP contribution < -0.4 is 5.32 Å². The van der Waals surface area contributed by atoms with Crippen molar-refractivity contribution in [2.24, 2.45) is 11.8 Å². The van der Waals surface area contributed by atoms with Gasteiger partial charge in [-0.3, -0.25) is 0 Å². The van der Waals surface area contributed by atoms with Gasteiger partial charge in [-0.15, -0.1) is 11.8 Å². The van der Waals surface area contributed by atoms with Crippen LogP contribution in [-0.2, 0) is 0 Å². The van der Waals surface area contributed by atoms with Crippen LogP contribution >= 0.6 is 11.8 Å². The largest absolute Gasteiger partial charge is 0.302 e. The molecule has 0 amide bonds. The highest BCUT2D eigenvalue weighted by Crippen LogP contribution is 2.44. The molecule has 1 saturated carbocycles. The topological polar surface area (TPSA) is 12.0 Å². The molecule has 82 valence electrons. The van der Waals surface area contributed by atoms with E-state index in [1.54, 1.807) is 0 Å². The van der Waals surface area contributed by atoms with E-state index in [0.717, 1.165) is 11.8 Å². The Labute approximate surface area is 92.4 Å². The normalized spacial score (nSPS) is 38.4. The predicted molar refractivity (Wildman–Crippen MR) is 64.6 cm³/mol. The first-order chi connectivity index (χ1) is 6.70. The summed E-state index contributed by atoms with van der Waals surface area (Å²) in [6.45, 7) is 5.95. The van der Waals surface area contributed by atoms with Crippen molar-refractivity contribution in [2.45, 2.75) is 50.8 Å². The lowest BCUT2D eigenvalue weighted by molar-refractivity contribution is 0.240. The Morgan fingerprint density at radius 1 is 1.50 bits per heavy atom. The monoisotopic (exact) mass is 213 g/mol. The van der Waals surface area contributed by atoms with E-state index >= 15 is 0 Å². The van der Waals surface area contributed by atoms with Gasteiger partial charge >= 0.3 is 0 Å². The van der Waals surface area contributed by atoms with Crippen molar-refractivity contribution >= 4 is 11.8 Å². The predicted octanol–water partition coefficient (Wildman–Crippen LogP) is 3.26. The minimum atomic E-state index is 0.498. The Kier molecular flexibility index (Phi) is 3.43. The molecule has 14 heavy (non-hydrogen) atoms. The zero-order chi connectivity index (χ0) is 10.0. The number of hydrogen-bond donors (Lipinski definition) is 1. The Hall–Kier alpha value is 0.310. The molecule has 0 bridgehead atoms. The quantitative estimate of drug-likeness (QED) is 0.755. The van der Waals surface area contributed by atoms with Gasteiger partial charge in [-0.25, -0.2) is 0 Å².